The molecule has 1 heteroatoms. The van der Waals surface area contributed by atoms with E-state index in [1.807, 2.05) is 0 Å². The highest BCUT2D eigenvalue weighted by Gasteiger charge is 2.77. The molecule has 2 aliphatic heterocycles. The molecule has 4 aliphatic carbocycles. The van der Waals surface area contributed by atoms with E-state index in [0.29, 0.717) is 5.92 Å². The van der Waals surface area contributed by atoms with Crippen LogP contribution in [-0.2, 0) is 15.9 Å². The molecular weight excluding hydrogens is 388 g/mol. The van der Waals surface area contributed by atoms with Gasteiger partial charge in [0.2, 0.25) is 0 Å². The van der Waals surface area contributed by atoms with E-state index in [-0.39, 0.29) is 5.41 Å². The van der Waals surface area contributed by atoms with E-state index in [1.165, 1.54) is 54.4 Å². The van der Waals surface area contributed by atoms with Gasteiger partial charge in [0, 0.05) is 5.41 Å². The first kappa shape index (κ1) is 17.9. The van der Waals surface area contributed by atoms with Crippen LogP contribution in [0.3, 0.4) is 0 Å². The normalized spacial score (nSPS) is 40.0. The average Bonchev–Trinajstić information content (AvgIpc) is 3.18. The molecule has 9 rings (SSSR count). The van der Waals surface area contributed by atoms with Crippen molar-refractivity contribution in [3.63, 3.8) is 0 Å². The van der Waals surface area contributed by atoms with E-state index in [2.05, 4.69) is 91.0 Å². The number of ether oxygens (including phenoxy) is 1. The van der Waals surface area contributed by atoms with E-state index in [1.54, 1.807) is 5.57 Å². The van der Waals surface area contributed by atoms with Crippen molar-refractivity contribution in [3.05, 3.63) is 119 Å². The minimum atomic E-state index is -0.465. The highest BCUT2D eigenvalue weighted by atomic mass is 16.5. The summed E-state index contributed by atoms with van der Waals surface area (Å²) in [7, 11) is 0. The SMILES string of the molecule is C1=C2C3(c4ccccc4)OC(c4ccccc4)(c4ccccc43)C23CC2CC1CC(C2)C3. The van der Waals surface area contributed by atoms with Crippen molar-refractivity contribution in [1.82, 2.24) is 0 Å². The zero-order chi connectivity index (χ0) is 21.0. The number of fused-ring (bicyclic) bond motifs is 5. The number of hydrogen-bond acceptors (Lipinski definition) is 1. The number of allylic oxidation sites excluding steroid dienone is 1. The Hall–Kier alpha value is -2.64. The predicted molar refractivity (Wildman–Crippen MR) is 126 cm³/mol. The molecule has 158 valence electrons. The molecule has 1 nitrogen and oxygen atoms in total. The van der Waals surface area contributed by atoms with Crippen LogP contribution >= 0.6 is 0 Å². The van der Waals surface area contributed by atoms with Crippen LogP contribution in [0.2, 0.25) is 0 Å². The van der Waals surface area contributed by atoms with Crippen molar-refractivity contribution in [2.24, 2.45) is 23.2 Å². The van der Waals surface area contributed by atoms with Crippen LogP contribution < -0.4 is 0 Å². The fourth-order valence-electron chi connectivity index (χ4n) is 8.90. The van der Waals surface area contributed by atoms with Gasteiger partial charge in [0.05, 0.1) is 0 Å². The van der Waals surface area contributed by atoms with Crippen molar-refractivity contribution < 1.29 is 4.74 Å². The molecule has 0 radical (unpaired) electrons. The van der Waals surface area contributed by atoms with Crippen molar-refractivity contribution in [2.75, 3.05) is 0 Å². The Bertz CT molecular complexity index is 1240. The summed E-state index contributed by atoms with van der Waals surface area (Å²) in [5.74, 6) is 2.36. The highest BCUT2D eigenvalue weighted by molar-refractivity contribution is 5.67. The summed E-state index contributed by atoms with van der Waals surface area (Å²) >= 11 is 0. The second-order valence-electron chi connectivity index (χ2n) is 11.0. The van der Waals surface area contributed by atoms with Gasteiger partial charge in [-0.25, -0.2) is 0 Å². The van der Waals surface area contributed by atoms with Crippen molar-refractivity contribution in [1.29, 1.82) is 0 Å². The zero-order valence-corrected chi connectivity index (χ0v) is 18.3. The summed E-state index contributed by atoms with van der Waals surface area (Å²) in [6.07, 6.45) is 9.41. The molecule has 3 aromatic rings. The molecule has 1 saturated heterocycles. The fraction of sp³-hybridized carbons (Fsp3) is 0.355. The Labute approximate surface area is 190 Å². The Kier molecular flexibility index (Phi) is 3.25. The van der Waals surface area contributed by atoms with Crippen molar-refractivity contribution >= 4 is 0 Å². The first-order valence-corrected chi connectivity index (χ1v) is 12.4. The van der Waals surface area contributed by atoms with Crippen LogP contribution in [0.25, 0.3) is 0 Å². The lowest BCUT2D eigenvalue weighted by molar-refractivity contribution is -0.0989. The smallest absolute Gasteiger partial charge is 0.142 e. The fourth-order valence-corrected chi connectivity index (χ4v) is 8.90. The summed E-state index contributed by atoms with van der Waals surface area (Å²) in [5, 5.41) is 0. The summed E-state index contributed by atoms with van der Waals surface area (Å²) in [5.41, 5.74) is 6.20. The van der Waals surface area contributed by atoms with Crippen molar-refractivity contribution in [2.45, 2.75) is 43.3 Å². The van der Waals surface area contributed by atoms with Crippen LogP contribution in [0.5, 0.6) is 0 Å². The summed E-state index contributed by atoms with van der Waals surface area (Å²) in [6, 6.07) is 31.4. The Morgan fingerprint density at radius 3 is 1.91 bits per heavy atom. The maximum atomic E-state index is 7.67. The predicted octanol–water partition coefficient (Wildman–Crippen LogP) is 6.97. The van der Waals surface area contributed by atoms with Gasteiger partial charge in [-0.2, -0.15) is 0 Å². The highest BCUT2D eigenvalue weighted by Crippen LogP contribution is 2.79. The van der Waals surface area contributed by atoms with Gasteiger partial charge in [0.25, 0.3) is 0 Å². The molecule has 0 aromatic heterocycles. The second-order valence-corrected chi connectivity index (χ2v) is 11.0. The van der Waals surface area contributed by atoms with Crippen LogP contribution in [0.1, 0.15) is 54.4 Å². The van der Waals surface area contributed by atoms with Gasteiger partial charge in [-0.1, -0.05) is 91.0 Å². The quantitative estimate of drug-likeness (QED) is 0.410. The lowest BCUT2D eigenvalue weighted by atomic mass is 9.48. The average molecular weight is 417 g/mol. The van der Waals surface area contributed by atoms with Gasteiger partial charge >= 0.3 is 0 Å². The van der Waals surface area contributed by atoms with Gasteiger partial charge in [-0.05, 0) is 77.7 Å². The first-order chi connectivity index (χ1) is 15.8. The van der Waals surface area contributed by atoms with Gasteiger partial charge in [0.1, 0.15) is 11.2 Å². The molecular formula is C31H28O. The summed E-state index contributed by atoms with van der Waals surface area (Å²) in [6.45, 7) is 0. The maximum Gasteiger partial charge on any atom is 0.142 e. The van der Waals surface area contributed by atoms with E-state index >= 15 is 0 Å². The standard InChI is InChI=1S/C31H28O/c1-3-9-24(10-4-1)30-26-13-7-8-14-27(26)31(32-30,25-11-5-2-6-12-25)29-19-22-15-21(18-28(29)30)16-23(17-22)20-29/h1-14,18,21-23H,15-17,19-20H2. The van der Waals surface area contributed by atoms with Gasteiger partial charge in [-0.15, -0.1) is 0 Å². The minimum Gasteiger partial charge on any atom is -0.344 e. The molecule has 0 amide bonds. The molecule has 0 N–H and O–H groups in total. The molecule has 3 aromatic carbocycles. The molecule has 3 fully saturated rings. The third-order valence-electron chi connectivity index (χ3n) is 9.54. The summed E-state index contributed by atoms with van der Waals surface area (Å²) in [4.78, 5) is 0. The van der Waals surface area contributed by atoms with Crippen LogP contribution in [0, 0.1) is 23.2 Å². The lowest BCUT2D eigenvalue weighted by Gasteiger charge is -2.53. The topological polar surface area (TPSA) is 9.23 Å². The monoisotopic (exact) mass is 416 g/mol. The number of benzene rings is 3. The Morgan fingerprint density at radius 2 is 1.22 bits per heavy atom. The molecule has 4 unspecified atom stereocenters. The number of rotatable bonds is 2. The zero-order valence-electron chi connectivity index (χ0n) is 18.3. The molecule has 32 heavy (non-hydrogen) atoms. The van der Waals surface area contributed by atoms with E-state index in [9.17, 15) is 0 Å². The van der Waals surface area contributed by atoms with Gasteiger partial charge in [-0.3, -0.25) is 0 Å². The van der Waals surface area contributed by atoms with Crippen LogP contribution in [0.4, 0.5) is 0 Å². The molecule has 6 bridgehead atoms. The minimum absolute atomic E-state index is 0.0530. The van der Waals surface area contributed by atoms with Gasteiger partial charge < -0.3 is 4.74 Å². The molecule has 4 atom stereocenters. The molecule has 1 spiro atoms. The Balaban J connectivity index is 1.54. The lowest BCUT2D eigenvalue weighted by Crippen LogP contribution is -2.50. The van der Waals surface area contributed by atoms with Crippen molar-refractivity contribution in [3.8, 4) is 0 Å². The third kappa shape index (κ3) is 1.85. The Morgan fingerprint density at radius 1 is 0.625 bits per heavy atom. The van der Waals surface area contributed by atoms with Crippen LogP contribution in [-0.4, -0.2) is 0 Å². The van der Waals surface area contributed by atoms with Gasteiger partial charge in [0.15, 0.2) is 0 Å². The second kappa shape index (κ2) is 5.83. The largest absolute Gasteiger partial charge is 0.344 e. The van der Waals surface area contributed by atoms with E-state index in [4.69, 9.17) is 4.74 Å². The van der Waals surface area contributed by atoms with E-state index in [0.717, 1.165) is 11.8 Å². The molecule has 6 aliphatic rings. The van der Waals surface area contributed by atoms with Crippen LogP contribution in [0.15, 0.2) is 96.6 Å². The first-order valence-electron chi connectivity index (χ1n) is 12.4. The number of hydrogen-bond donors (Lipinski definition) is 0. The van der Waals surface area contributed by atoms with E-state index < -0.39 is 11.2 Å². The summed E-state index contributed by atoms with van der Waals surface area (Å²) < 4.78 is 7.67. The maximum absolute atomic E-state index is 7.67. The molecule has 2 saturated carbocycles. The third-order valence-corrected chi connectivity index (χ3v) is 9.54. The molecule has 2 heterocycles.